The third kappa shape index (κ3) is 7.16. The van der Waals surface area contributed by atoms with E-state index >= 15 is 0 Å². The van der Waals surface area contributed by atoms with Gasteiger partial charge >= 0.3 is 11.9 Å². The Bertz CT molecular complexity index is 522. The molecule has 0 saturated carbocycles. The van der Waals surface area contributed by atoms with Crippen molar-refractivity contribution >= 4 is 11.9 Å². The Hall–Kier alpha value is -1.84. The van der Waals surface area contributed by atoms with Gasteiger partial charge in [0.1, 0.15) is 5.75 Å². The van der Waals surface area contributed by atoms with Crippen LogP contribution >= 0.6 is 0 Å². The van der Waals surface area contributed by atoms with Crippen molar-refractivity contribution in [1.82, 2.24) is 0 Å². The number of unbranched alkanes of at least 4 members (excludes halogenated alkanes) is 4. The van der Waals surface area contributed by atoms with Gasteiger partial charge in [-0.1, -0.05) is 57.2 Å². The summed E-state index contributed by atoms with van der Waals surface area (Å²) < 4.78 is 10.7. The Morgan fingerprint density at radius 1 is 1.04 bits per heavy atom. The van der Waals surface area contributed by atoms with E-state index in [2.05, 4.69) is 6.92 Å². The number of hydrogen-bond donors (Lipinski definition) is 0. The Morgan fingerprint density at radius 2 is 1.71 bits per heavy atom. The van der Waals surface area contributed by atoms with E-state index in [4.69, 9.17) is 9.47 Å². The second-order valence-electron chi connectivity index (χ2n) is 6.37. The van der Waals surface area contributed by atoms with E-state index in [0.717, 1.165) is 18.4 Å². The molecule has 1 atom stereocenters. The van der Waals surface area contributed by atoms with Gasteiger partial charge in [0.25, 0.3) is 0 Å². The van der Waals surface area contributed by atoms with Crippen molar-refractivity contribution in [3.05, 3.63) is 29.8 Å². The van der Waals surface area contributed by atoms with E-state index in [9.17, 15) is 9.59 Å². The fourth-order valence-corrected chi connectivity index (χ4v) is 2.68. The Morgan fingerprint density at radius 3 is 2.33 bits per heavy atom. The van der Waals surface area contributed by atoms with Crippen LogP contribution < -0.4 is 4.74 Å². The number of para-hydroxylation sites is 1. The summed E-state index contributed by atoms with van der Waals surface area (Å²) in [6, 6.07) is 7.23. The van der Waals surface area contributed by atoms with Gasteiger partial charge in [0.2, 0.25) is 0 Å². The number of benzene rings is 1. The number of rotatable bonds is 10. The number of ether oxygens (including phenoxy) is 2. The van der Waals surface area contributed by atoms with Crippen LogP contribution in [-0.2, 0) is 14.3 Å². The van der Waals surface area contributed by atoms with Crippen molar-refractivity contribution in [3.8, 4) is 5.75 Å². The van der Waals surface area contributed by atoms with Crippen LogP contribution in [0.25, 0.3) is 0 Å². The molecule has 1 unspecified atom stereocenters. The molecule has 134 valence electrons. The monoisotopic (exact) mass is 334 g/mol. The van der Waals surface area contributed by atoms with Gasteiger partial charge in [-0.05, 0) is 26.3 Å². The molecule has 0 aliphatic heterocycles. The standard InChI is InChI=1S/C20H30O4/c1-5-6-7-8-9-13-18(20(22)23-15(2)3)17-12-10-11-14-19(17)24-16(4)21/h10-12,14-15,18H,5-9,13H2,1-4H3. The maximum Gasteiger partial charge on any atom is 0.313 e. The summed E-state index contributed by atoms with van der Waals surface area (Å²) in [7, 11) is 0. The third-order valence-electron chi connectivity index (χ3n) is 3.78. The summed E-state index contributed by atoms with van der Waals surface area (Å²) in [6.45, 7) is 7.23. The normalized spacial score (nSPS) is 12.0. The molecule has 0 heterocycles. The second kappa shape index (κ2) is 10.8. The second-order valence-corrected chi connectivity index (χ2v) is 6.37. The fourth-order valence-electron chi connectivity index (χ4n) is 2.68. The zero-order valence-electron chi connectivity index (χ0n) is 15.3. The zero-order chi connectivity index (χ0) is 17.9. The lowest BCUT2D eigenvalue weighted by molar-refractivity contribution is -0.149. The molecule has 0 fully saturated rings. The van der Waals surface area contributed by atoms with E-state index in [1.54, 1.807) is 12.1 Å². The molecule has 1 aromatic carbocycles. The molecule has 4 nitrogen and oxygen atoms in total. The molecular weight excluding hydrogens is 304 g/mol. The topological polar surface area (TPSA) is 52.6 Å². The molecule has 4 heteroatoms. The molecule has 0 N–H and O–H groups in total. The van der Waals surface area contributed by atoms with Crippen molar-refractivity contribution in [3.63, 3.8) is 0 Å². The van der Waals surface area contributed by atoms with E-state index in [-0.39, 0.29) is 18.0 Å². The van der Waals surface area contributed by atoms with Crippen LogP contribution in [0.4, 0.5) is 0 Å². The van der Waals surface area contributed by atoms with Gasteiger partial charge in [0.15, 0.2) is 0 Å². The lowest BCUT2D eigenvalue weighted by atomic mass is 9.92. The van der Waals surface area contributed by atoms with Gasteiger partial charge in [-0.25, -0.2) is 0 Å². The van der Waals surface area contributed by atoms with Crippen molar-refractivity contribution in [2.45, 2.75) is 78.2 Å². The molecule has 0 radical (unpaired) electrons. The number of hydrogen-bond acceptors (Lipinski definition) is 4. The van der Waals surface area contributed by atoms with Gasteiger partial charge in [0.05, 0.1) is 12.0 Å². The van der Waals surface area contributed by atoms with Crippen molar-refractivity contribution in [1.29, 1.82) is 0 Å². The molecule has 0 amide bonds. The maximum absolute atomic E-state index is 12.5. The quantitative estimate of drug-likeness (QED) is 0.343. The minimum absolute atomic E-state index is 0.166. The maximum atomic E-state index is 12.5. The number of carbonyl (C=O) groups is 2. The SMILES string of the molecule is CCCCCCCC(C(=O)OC(C)C)c1ccccc1OC(C)=O. The highest BCUT2D eigenvalue weighted by Crippen LogP contribution is 2.32. The molecule has 1 aromatic rings. The first kappa shape index (κ1) is 20.2. The zero-order valence-corrected chi connectivity index (χ0v) is 15.3. The minimum atomic E-state index is -0.399. The average Bonchev–Trinajstić information content (AvgIpc) is 2.50. The number of esters is 2. The van der Waals surface area contributed by atoms with Crippen molar-refractivity contribution in [2.24, 2.45) is 0 Å². The average molecular weight is 334 g/mol. The first-order chi connectivity index (χ1) is 11.5. The Balaban J connectivity index is 2.91. The molecule has 24 heavy (non-hydrogen) atoms. The summed E-state index contributed by atoms with van der Waals surface area (Å²) >= 11 is 0. The summed E-state index contributed by atoms with van der Waals surface area (Å²) in [5.41, 5.74) is 0.730. The van der Waals surface area contributed by atoms with Gasteiger partial charge < -0.3 is 9.47 Å². The van der Waals surface area contributed by atoms with Crippen molar-refractivity contribution in [2.75, 3.05) is 0 Å². The van der Waals surface area contributed by atoms with E-state index in [1.807, 2.05) is 26.0 Å². The van der Waals surface area contributed by atoms with Crippen LogP contribution in [0, 0.1) is 0 Å². The molecule has 0 aliphatic carbocycles. The summed E-state index contributed by atoms with van der Waals surface area (Å²) in [6.07, 6.45) is 6.16. The highest BCUT2D eigenvalue weighted by atomic mass is 16.5. The van der Waals surface area contributed by atoms with Crippen LogP contribution in [0.5, 0.6) is 5.75 Å². The predicted molar refractivity (Wildman–Crippen MR) is 95.1 cm³/mol. The summed E-state index contributed by atoms with van der Waals surface area (Å²) in [5.74, 6) is -0.588. The van der Waals surface area contributed by atoms with Crippen LogP contribution in [0.15, 0.2) is 24.3 Å². The van der Waals surface area contributed by atoms with Gasteiger partial charge in [0, 0.05) is 12.5 Å². The van der Waals surface area contributed by atoms with Crippen LogP contribution in [-0.4, -0.2) is 18.0 Å². The van der Waals surface area contributed by atoms with E-state index < -0.39 is 5.92 Å². The molecule has 0 saturated heterocycles. The third-order valence-corrected chi connectivity index (χ3v) is 3.78. The van der Waals surface area contributed by atoms with Crippen molar-refractivity contribution < 1.29 is 19.1 Å². The highest BCUT2D eigenvalue weighted by molar-refractivity contribution is 5.80. The molecule has 0 aliphatic rings. The number of carbonyl (C=O) groups excluding carboxylic acids is 2. The van der Waals surface area contributed by atoms with Crippen LogP contribution in [0.3, 0.4) is 0 Å². The van der Waals surface area contributed by atoms with E-state index in [0.29, 0.717) is 12.2 Å². The molecule has 0 aromatic heterocycles. The Labute approximate surface area is 145 Å². The first-order valence-corrected chi connectivity index (χ1v) is 8.93. The molecule has 0 spiro atoms. The largest absolute Gasteiger partial charge is 0.463 e. The summed E-state index contributed by atoms with van der Waals surface area (Å²) in [5, 5.41) is 0. The molecule has 1 rings (SSSR count). The predicted octanol–water partition coefficient (Wildman–Crippen LogP) is 5.01. The Kier molecular flexibility index (Phi) is 9.13. The molecular formula is C20H30O4. The smallest absolute Gasteiger partial charge is 0.313 e. The first-order valence-electron chi connectivity index (χ1n) is 8.93. The summed E-state index contributed by atoms with van der Waals surface area (Å²) in [4.78, 5) is 23.9. The van der Waals surface area contributed by atoms with Gasteiger partial charge in [-0.3, -0.25) is 9.59 Å². The van der Waals surface area contributed by atoms with Gasteiger partial charge in [-0.2, -0.15) is 0 Å². The van der Waals surface area contributed by atoms with Crippen LogP contribution in [0.2, 0.25) is 0 Å². The highest BCUT2D eigenvalue weighted by Gasteiger charge is 2.26. The lowest BCUT2D eigenvalue weighted by Gasteiger charge is -2.20. The minimum Gasteiger partial charge on any atom is -0.463 e. The lowest BCUT2D eigenvalue weighted by Crippen LogP contribution is -2.21. The van der Waals surface area contributed by atoms with Crippen LogP contribution in [0.1, 0.15) is 77.7 Å². The van der Waals surface area contributed by atoms with E-state index in [1.165, 1.54) is 26.2 Å². The fraction of sp³-hybridized carbons (Fsp3) is 0.600. The van der Waals surface area contributed by atoms with Gasteiger partial charge in [-0.15, -0.1) is 0 Å². The molecule has 0 bridgehead atoms.